The summed E-state index contributed by atoms with van der Waals surface area (Å²) in [5, 5.41) is 1.85. The zero-order valence-electron chi connectivity index (χ0n) is 10.5. The average Bonchev–Trinajstić information content (AvgIpc) is 2.36. The van der Waals surface area contributed by atoms with Crippen LogP contribution in [0, 0.1) is 5.82 Å². The molecule has 2 unspecified atom stereocenters. The molecule has 1 amide bonds. The second-order valence-corrected chi connectivity index (χ2v) is 5.59. The van der Waals surface area contributed by atoms with Gasteiger partial charge in [0.2, 0.25) is 5.91 Å². The molecule has 1 N–H and O–H groups in total. The van der Waals surface area contributed by atoms with Gasteiger partial charge in [-0.05, 0) is 25.1 Å². The lowest BCUT2D eigenvalue weighted by Crippen LogP contribution is -2.70. The van der Waals surface area contributed by atoms with Crippen molar-refractivity contribution in [1.82, 2.24) is 5.32 Å². The molecule has 0 saturated carbocycles. The van der Waals surface area contributed by atoms with Gasteiger partial charge in [-0.3, -0.25) is 4.79 Å². The lowest BCUT2D eigenvalue weighted by atomic mass is 9.82. The second kappa shape index (κ2) is 4.91. The molecule has 21 heavy (non-hydrogen) atoms. The first kappa shape index (κ1) is 16.2. The van der Waals surface area contributed by atoms with Gasteiger partial charge in [-0.15, -0.1) is 0 Å². The van der Waals surface area contributed by atoms with Crippen molar-refractivity contribution in [2.45, 2.75) is 24.5 Å². The third-order valence-electron chi connectivity index (χ3n) is 3.27. The molecule has 0 bridgehead atoms. The Bertz CT molecular complexity index is 594. The maximum atomic E-state index is 14.6. The van der Waals surface area contributed by atoms with Crippen molar-refractivity contribution in [1.29, 1.82) is 0 Å². The zero-order chi connectivity index (χ0) is 16.1. The van der Waals surface area contributed by atoms with Crippen LogP contribution in [0.5, 0.6) is 0 Å². The third kappa shape index (κ3) is 2.42. The van der Waals surface area contributed by atoms with Gasteiger partial charge in [0.05, 0.1) is 0 Å². The Balaban J connectivity index is 2.68. The molecular formula is C12H9BrF5NO2. The summed E-state index contributed by atoms with van der Waals surface area (Å²) < 4.78 is 72.0. The van der Waals surface area contributed by atoms with Crippen molar-refractivity contribution in [2.24, 2.45) is 0 Å². The zero-order valence-corrected chi connectivity index (χ0v) is 12.1. The van der Waals surface area contributed by atoms with Gasteiger partial charge in [0.15, 0.2) is 0 Å². The number of alkyl halides is 4. The number of carbonyl (C=O) groups excluding carboxylic acids is 1. The SMILES string of the molecule is CC1(c2cc(Br)ccc2F)NC(=O)COC1(F)C(F)(F)F. The van der Waals surface area contributed by atoms with Crippen LogP contribution >= 0.6 is 15.9 Å². The van der Waals surface area contributed by atoms with Crippen molar-refractivity contribution in [3.05, 3.63) is 34.1 Å². The molecule has 0 aliphatic carbocycles. The van der Waals surface area contributed by atoms with Crippen LogP contribution in [0.4, 0.5) is 22.0 Å². The first-order valence-electron chi connectivity index (χ1n) is 5.67. The third-order valence-corrected chi connectivity index (χ3v) is 3.76. The van der Waals surface area contributed by atoms with Crippen molar-refractivity contribution in [2.75, 3.05) is 6.61 Å². The quantitative estimate of drug-likeness (QED) is 0.767. The number of rotatable bonds is 1. The number of amides is 1. The Morgan fingerprint density at radius 2 is 2.00 bits per heavy atom. The van der Waals surface area contributed by atoms with E-state index in [9.17, 15) is 26.7 Å². The highest BCUT2D eigenvalue weighted by Crippen LogP contribution is 2.50. The van der Waals surface area contributed by atoms with Gasteiger partial charge in [-0.2, -0.15) is 17.6 Å². The van der Waals surface area contributed by atoms with Crippen LogP contribution in [-0.4, -0.2) is 24.5 Å². The van der Waals surface area contributed by atoms with E-state index >= 15 is 0 Å². The number of hydrogen-bond donors (Lipinski definition) is 1. The Morgan fingerprint density at radius 1 is 1.38 bits per heavy atom. The Hall–Kier alpha value is -1.22. The van der Waals surface area contributed by atoms with E-state index < -0.39 is 41.5 Å². The molecule has 1 heterocycles. The van der Waals surface area contributed by atoms with Crippen molar-refractivity contribution >= 4 is 21.8 Å². The summed E-state index contributed by atoms with van der Waals surface area (Å²) in [6.07, 6.45) is -5.47. The molecule has 0 spiro atoms. The molecule has 9 heteroatoms. The number of benzene rings is 1. The molecule has 0 aromatic heterocycles. The van der Waals surface area contributed by atoms with Crippen LogP contribution in [-0.2, 0) is 15.1 Å². The lowest BCUT2D eigenvalue weighted by Gasteiger charge is -2.46. The fraction of sp³-hybridized carbons (Fsp3) is 0.417. The summed E-state index contributed by atoms with van der Waals surface area (Å²) in [6.45, 7) is -0.385. The average molecular weight is 374 g/mol. The summed E-state index contributed by atoms with van der Waals surface area (Å²) in [4.78, 5) is 11.4. The predicted molar refractivity (Wildman–Crippen MR) is 65.4 cm³/mol. The van der Waals surface area contributed by atoms with Crippen molar-refractivity contribution in [3.63, 3.8) is 0 Å². The van der Waals surface area contributed by atoms with Gasteiger partial charge in [0, 0.05) is 10.0 Å². The smallest absolute Gasteiger partial charge is 0.339 e. The Morgan fingerprint density at radius 3 is 2.57 bits per heavy atom. The summed E-state index contributed by atoms with van der Waals surface area (Å²) in [6, 6.07) is 3.06. The van der Waals surface area contributed by atoms with Crippen LogP contribution in [0.25, 0.3) is 0 Å². The second-order valence-electron chi connectivity index (χ2n) is 4.68. The summed E-state index contributed by atoms with van der Waals surface area (Å²) >= 11 is 2.97. The first-order valence-corrected chi connectivity index (χ1v) is 6.47. The topological polar surface area (TPSA) is 38.3 Å². The van der Waals surface area contributed by atoms with E-state index in [1.54, 1.807) is 0 Å². The number of ether oxygens (including phenoxy) is 1. The van der Waals surface area contributed by atoms with E-state index in [0.29, 0.717) is 0 Å². The normalized spacial score (nSPS) is 30.1. The minimum Gasteiger partial charge on any atom is -0.339 e. The van der Waals surface area contributed by atoms with Crippen LogP contribution in [0.1, 0.15) is 12.5 Å². The standard InChI is InChI=1S/C12H9BrF5NO2/c1-10(7-4-6(13)2-3-8(7)14)11(15,12(16,17)18)21-5-9(20)19-10/h2-4H,5H2,1H3,(H,19,20). The van der Waals surface area contributed by atoms with Crippen molar-refractivity contribution in [3.8, 4) is 0 Å². The van der Waals surface area contributed by atoms with Crippen LogP contribution in [0.2, 0.25) is 0 Å². The van der Waals surface area contributed by atoms with E-state index in [4.69, 9.17) is 0 Å². The Labute approximate surface area is 124 Å². The lowest BCUT2D eigenvalue weighted by molar-refractivity contribution is -0.366. The fourth-order valence-electron chi connectivity index (χ4n) is 2.19. The van der Waals surface area contributed by atoms with E-state index in [0.717, 1.165) is 19.1 Å². The number of hydrogen-bond acceptors (Lipinski definition) is 2. The van der Waals surface area contributed by atoms with Gasteiger partial charge in [-0.25, -0.2) is 4.39 Å². The maximum Gasteiger partial charge on any atom is 0.451 e. The monoisotopic (exact) mass is 373 g/mol. The highest BCUT2D eigenvalue weighted by molar-refractivity contribution is 9.10. The van der Waals surface area contributed by atoms with Gasteiger partial charge in [-0.1, -0.05) is 15.9 Å². The molecule has 2 atom stereocenters. The molecule has 116 valence electrons. The summed E-state index contributed by atoms with van der Waals surface area (Å²) in [7, 11) is 0. The van der Waals surface area contributed by atoms with E-state index in [2.05, 4.69) is 20.7 Å². The predicted octanol–water partition coefficient (Wildman–Crippen LogP) is 3.18. The Kier molecular flexibility index (Phi) is 3.78. The summed E-state index contributed by atoms with van der Waals surface area (Å²) in [5.74, 6) is -6.33. The fourth-order valence-corrected chi connectivity index (χ4v) is 2.55. The van der Waals surface area contributed by atoms with Gasteiger partial charge in [0.25, 0.3) is 0 Å². The number of carbonyl (C=O) groups is 1. The molecule has 1 aromatic carbocycles. The first-order chi connectivity index (χ1) is 9.51. The van der Waals surface area contributed by atoms with Crippen LogP contribution in [0.15, 0.2) is 22.7 Å². The van der Waals surface area contributed by atoms with E-state index in [1.807, 2.05) is 5.32 Å². The summed E-state index contributed by atoms with van der Waals surface area (Å²) in [5.41, 5.74) is -3.43. The van der Waals surface area contributed by atoms with Gasteiger partial charge < -0.3 is 10.1 Å². The van der Waals surface area contributed by atoms with E-state index in [-0.39, 0.29) is 4.47 Å². The molecule has 2 rings (SSSR count). The highest BCUT2D eigenvalue weighted by atomic mass is 79.9. The van der Waals surface area contributed by atoms with Gasteiger partial charge in [0.1, 0.15) is 18.0 Å². The van der Waals surface area contributed by atoms with E-state index in [1.165, 1.54) is 6.07 Å². The molecule has 1 aliphatic rings. The molecule has 1 aromatic rings. The minimum atomic E-state index is -5.47. The maximum absolute atomic E-state index is 14.6. The molecule has 1 saturated heterocycles. The largest absolute Gasteiger partial charge is 0.451 e. The minimum absolute atomic E-state index is 0.226. The van der Waals surface area contributed by atoms with Crippen LogP contribution in [0.3, 0.4) is 0 Å². The molecule has 3 nitrogen and oxygen atoms in total. The molecule has 1 fully saturated rings. The number of halogens is 6. The highest BCUT2D eigenvalue weighted by Gasteiger charge is 2.71. The molecular weight excluding hydrogens is 365 g/mol. The number of nitrogens with one attached hydrogen (secondary N) is 1. The number of morpholine rings is 1. The molecule has 1 aliphatic heterocycles. The van der Waals surface area contributed by atoms with Crippen molar-refractivity contribution < 1.29 is 31.5 Å². The molecule has 0 radical (unpaired) electrons. The van der Waals surface area contributed by atoms with Crippen LogP contribution < -0.4 is 5.32 Å². The van der Waals surface area contributed by atoms with Gasteiger partial charge >= 0.3 is 12.0 Å².